The summed E-state index contributed by atoms with van der Waals surface area (Å²) in [4.78, 5) is 33.6. The van der Waals surface area contributed by atoms with Crippen LogP contribution in [0, 0.1) is 0 Å². The van der Waals surface area contributed by atoms with Crippen LogP contribution in [0.5, 0.6) is 11.5 Å². The van der Waals surface area contributed by atoms with Crippen LogP contribution in [0.3, 0.4) is 0 Å². The van der Waals surface area contributed by atoms with E-state index in [0.717, 1.165) is 11.1 Å². The van der Waals surface area contributed by atoms with E-state index in [1.54, 1.807) is 12.1 Å². The second kappa shape index (κ2) is 14.5. The number of halogens is 3. The fraction of sp³-hybridized carbons (Fsp3) is 0.444. The van der Waals surface area contributed by atoms with Crippen molar-refractivity contribution in [2.75, 3.05) is 25.7 Å². The third-order valence-electron chi connectivity index (χ3n) is 5.46. The Balaban J connectivity index is 2.14. The third-order valence-corrected chi connectivity index (χ3v) is 6.36. The summed E-state index contributed by atoms with van der Waals surface area (Å²) in [6.45, 7) is 7.72. The van der Waals surface area contributed by atoms with E-state index in [1.165, 1.54) is 20.8 Å². The minimum atomic E-state index is -0.825. The summed E-state index contributed by atoms with van der Waals surface area (Å²) in [5.74, 6) is -0.523. The van der Waals surface area contributed by atoms with Crippen molar-refractivity contribution in [1.29, 1.82) is 0 Å². The topological polar surface area (TPSA) is 97.4 Å². The zero-order valence-corrected chi connectivity index (χ0v) is 24.1. The summed E-state index contributed by atoms with van der Waals surface area (Å²) in [7, 11) is 0. The van der Waals surface area contributed by atoms with E-state index in [-0.39, 0.29) is 41.5 Å². The molecule has 0 spiro atoms. The van der Waals surface area contributed by atoms with Crippen LogP contribution in [-0.4, -0.2) is 55.8 Å². The van der Waals surface area contributed by atoms with Crippen molar-refractivity contribution in [2.45, 2.75) is 52.2 Å². The Bertz CT molecular complexity index is 1090. The van der Waals surface area contributed by atoms with E-state index in [4.69, 9.17) is 58.5 Å². The molecule has 0 amide bonds. The molecule has 0 unspecified atom stereocenters. The predicted octanol–water partition coefficient (Wildman–Crippen LogP) is 5.74. The molecule has 0 aliphatic rings. The lowest BCUT2D eigenvalue weighted by Gasteiger charge is -2.27. The summed E-state index contributed by atoms with van der Waals surface area (Å²) in [6.07, 6.45) is -1.37. The highest BCUT2D eigenvalue weighted by atomic mass is 35.5. The highest BCUT2D eigenvalue weighted by molar-refractivity contribution is 6.37. The minimum Gasteiger partial charge on any atom is -0.490 e. The fourth-order valence-corrected chi connectivity index (χ4v) is 4.21. The van der Waals surface area contributed by atoms with Crippen molar-refractivity contribution in [1.82, 2.24) is 0 Å². The van der Waals surface area contributed by atoms with Crippen LogP contribution in [0.2, 0.25) is 10.0 Å². The molecule has 0 fully saturated rings. The van der Waals surface area contributed by atoms with Crippen LogP contribution in [0.25, 0.3) is 0 Å². The molecule has 0 saturated heterocycles. The van der Waals surface area contributed by atoms with E-state index in [9.17, 15) is 14.4 Å². The molecule has 2 rings (SSSR count). The van der Waals surface area contributed by atoms with Gasteiger partial charge in [-0.05, 0) is 35.4 Å². The minimum absolute atomic E-state index is 0.113. The smallest absolute Gasteiger partial charge is 0.303 e. The Morgan fingerprint density at radius 2 is 1.29 bits per heavy atom. The van der Waals surface area contributed by atoms with Gasteiger partial charge in [-0.3, -0.25) is 14.4 Å². The first-order chi connectivity index (χ1) is 17.8. The summed E-state index contributed by atoms with van der Waals surface area (Å²) < 4.78 is 26.6. The van der Waals surface area contributed by atoms with E-state index in [0.29, 0.717) is 5.75 Å². The van der Waals surface area contributed by atoms with Gasteiger partial charge in [0.25, 0.3) is 0 Å². The average Bonchev–Trinajstić information content (AvgIpc) is 2.83. The first-order valence-corrected chi connectivity index (χ1v) is 13.0. The first-order valence-electron chi connectivity index (χ1n) is 11.7. The number of ether oxygens (including phenoxy) is 5. The largest absolute Gasteiger partial charge is 0.490 e. The SMILES string of the molecule is CC(=O)OC[C@@H](COc1c(Cl)cc(C(C)(C)c2ccc(OC[C@@H](CCl)OC(C)=O)cc2)cc1Cl)OC(C)=O. The number of alkyl halides is 1. The molecule has 0 radical (unpaired) electrons. The van der Waals surface area contributed by atoms with Gasteiger partial charge in [0.1, 0.15) is 31.7 Å². The van der Waals surface area contributed by atoms with Crippen molar-refractivity contribution >= 4 is 52.7 Å². The molecular formula is C27H31Cl3O8. The summed E-state index contributed by atoms with van der Waals surface area (Å²) in [5, 5.41) is 0.541. The number of hydrogen-bond acceptors (Lipinski definition) is 8. The number of hydrogen-bond donors (Lipinski definition) is 0. The third kappa shape index (κ3) is 9.57. The van der Waals surface area contributed by atoms with Crippen LogP contribution >= 0.6 is 34.8 Å². The van der Waals surface area contributed by atoms with Crippen LogP contribution in [0.15, 0.2) is 36.4 Å². The van der Waals surface area contributed by atoms with Gasteiger partial charge in [-0.1, -0.05) is 49.2 Å². The van der Waals surface area contributed by atoms with Crippen LogP contribution < -0.4 is 9.47 Å². The summed E-state index contributed by atoms with van der Waals surface area (Å²) in [5.41, 5.74) is 1.31. The lowest BCUT2D eigenvalue weighted by molar-refractivity contribution is -0.158. The first kappa shape index (κ1) is 31.5. The van der Waals surface area contributed by atoms with Gasteiger partial charge in [0, 0.05) is 26.2 Å². The molecule has 0 heterocycles. The molecular weight excluding hydrogens is 559 g/mol. The second-order valence-corrected chi connectivity index (χ2v) is 10.1. The van der Waals surface area contributed by atoms with Gasteiger partial charge in [0.05, 0.1) is 15.9 Å². The standard InChI is InChI=1S/C27H31Cl3O8/c1-16(31)34-14-23(38-18(3)33)15-36-26-24(29)10-20(11-25(26)30)27(4,5)19-6-8-21(9-7-19)35-13-22(12-28)37-17(2)32/h6-11,22-23H,12-15H2,1-5H3/t22-,23+/m1/s1. The highest BCUT2D eigenvalue weighted by Gasteiger charge is 2.26. The maximum Gasteiger partial charge on any atom is 0.303 e. The van der Waals surface area contributed by atoms with Gasteiger partial charge in [0.15, 0.2) is 11.9 Å². The van der Waals surface area contributed by atoms with Gasteiger partial charge in [-0.2, -0.15) is 0 Å². The van der Waals surface area contributed by atoms with Crippen molar-refractivity contribution < 1.29 is 38.1 Å². The lowest BCUT2D eigenvalue weighted by atomic mass is 9.78. The Morgan fingerprint density at radius 1 is 0.763 bits per heavy atom. The molecule has 0 saturated carbocycles. The fourth-order valence-electron chi connectivity index (χ4n) is 3.46. The average molecular weight is 590 g/mol. The van der Waals surface area contributed by atoms with Crippen molar-refractivity contribution in [3.05, 3.63) is 57.6 Å². The molecule has 0 aliphatic heterocycles. The number of esters is 3. The molecule has 2 aromatic carbocycles. The monoisotopic (exact) mass is 588 g/mol. The number of carbonyl (C=O) groups is 3. The molecule has 0 aromatic heterocycles. The molecule has 8 nitrogen and oxygen atoms in total. The molecule has 2 aromatic rings. The highest BCUT2D eigenvalue weighted by Crippen LogP contribution is 2.40. The summed E-state index contributed by atoms with van der Waals surface area (Å²) in [6, 6.07) is 11.0. The van der Waals surface area contributed by atoms with Gasteiger partial charge in [-0.25, -0.2) is 0 Å². The van der Waals surface area contributed by atoms with Crippen molar-refractivity contribution in [3.63, 3.8) is 0 Å². The van der Waals surface area contributed by atoms with E-state index in [1.807, 2.05) is 38.1 Å². The molecule has 11 heteroatoms. The van der Waals surface area contributed by atoms with Crippen LogP contribution in [0.4, 0.5) is 0 Å². The maximum atomic E-state index is 11.4. The van der Waals surface area contributed by atoms with Crippen molar-refractivity contribution in [2.24, 2.45) is 0 Å². The van der Waals surface area contributed by atoms with E-state index < -0.39 is 35.5 Å². The number of carbonyl (C=O) groups excluding carboxylic acids is 3. The van der Waals surface area contributed by atoms with Gasteiger partial charge < -0.3 is 23.7 Å². The predicted molar refractivity (Wildman–Crippen MR) is 144 cm³/mol. The lowest BCUT2D eigenvalue weighted by Crippen LogP contribution is -2.30. The quantitative estimate of drug-likeness (QED) is 0.166. The van der Waals surface area contributed by atoms with Gasteiger partial charge in [0.2, 0.25) is 0 Å². The van der Waals surface area contributed by atoms with E-state index in [2.05, 4.69) is 0 Å². The van der Waals surface area contributed by atoms with Crippen molar-refractivity contribution in [3.8, 4) is 11.5 Å². The maximum absolute atomic E-state index is 11.4. The van der Waals surface area contributed by atoms with Gasteiger partial charge >= 0.3 is 17.9 Å². The second-order valence-electron chi connectivity index (χ2n) is 8.96. The van der Waals surface area contributed by atoms with Crippen LogP contribution in [0.1, 0.15) is 45.7 Å². The Labute approximate surface area is 237 Å². The molecule has 2 atom stereocenters. The number of benzene rings is 2. The van der Waals surface area contributed by atoms with E-state index >= 15 is 0 Å². The molecule has 0 N–H and O–H groups in total. The Morgan fingerprint density at radius 3 is 1.79 bits per heavy atom. The molecule has 208 valence electrons. The zero-order valence-electron chi connectivity index (χ0n) is 21.8. The normalized spacial score (nSPS) is 12.7. The molecule has 0 aliphatic carbocycles. The Hall–Kier alpha value is -2.68. The summed E-state index contributed by atoms with van der Waals surface area (Å²) >= 11 is 18.9. The molecule has 0 bridgehead atoms. The van der Waals surface area contributed by atoms with Gasteiger partial charge in [-0.15, -0.1) is 11.6 Å². The molecule has 38 heavy (non-hydrogen) atoms. The van der Waals surface area contributed by atoms with Crippen LogP contribution in [-0.2, 0) is 34.0 Å². The number of rotatable bonds is 13. The zero-order chi connectivity index (χ0) is 28.5. The Kier molecular flexibility index (Phi) is 12.0.